The van der Waals surface area contributed by atoms with Crippen LogP contribution < -0.4 is 0 Å². The van der Waals surface area contributed by atoms with Crippen LogP contribution in [-0.4, -0.2) is 4.98 Å². The lowest BCUT2D eigenvalue weighted by molar-refractivity contribution is 0.709. The van der Waals surface area contributed by atoms with Gasteiger partial charge in [-0.3, -0.25) is 4.98 Å². The Hall–Kier alpha value is -0.790. The summed E-state index contributed by atoms with van der Waals surface area (Å²) in [5.41, 5.74) is 4.50. The Bertz CT molecular complexity index is 620. The number of fused-ring (bicyclic) bond motifs is 2. The highest BCUT2D eigenvalue weighted by molar-refractivity contribution is 6.42. The van der Waals surface area contributed by atoms with Crippen molar-refractivity contribution in [1.82, 2.24) is 4.98 Å². The predicted molar refractivity (Wildman–Crippen MR) is 77.8 cm³/mol. The number of rotatable bonds is 0. The molecular formula is C15H15Cl2N. The van der Waals surface area contributed by atoms with Gasteiger partial charge in [0.1, 0.15) is 0 Å². The van der Waals surface area contributed by atoms with Gasteiger partial charge in [-0.1, -0.05) is 35.7 Å². The Balaban J connectivity index is 2.38. The molecule has 0 radical (unpaired) electrons. The Kier molecular flexibility index (Phi) is 3.21. The maximum atomic E-state index is 6.58. The van der Waals surface area contributed by atoms with Gasteiger partial charge in [-0.05, 0) is 49.8 Å². The molecule has 0 unspecified atom stereocenters. The number of pyridine rings is 1. The topological polar surface area (TPSA) is 12.9 Å². The summed E-state index contributed by atoms with van der Waals surface area (Å²) in [5, 5.41) is 2.46. The second kappa shape index (κ2) is 4.71. The number of aryl methyl sites for hydroxylation is 2. The molecule has 0 saturated carbocycles. The van der Waals surface area contributed by atoms with Gasteiger partial charge >= 0.3 is 0 Å². The van der Waals surface area contributed by atoms with E-state index in [1.54, 1.807) is 0 Å². The molecule has 0 N–H and O–H groups in total. The minimum Gasteiger partial charge on any atom is -0.252 e. The van der Waals surface area contributed by atoms with E-state index in [1.807, 2.05) is 12.1 Å². The third-order valence-electron chi connectivity index (χ3n) is 3.75. The minimum absolute atomic E-state index is 0.708. The molecule has 1 nitrogen and oxygen atoms in total. The molecule has 3 heteroatoms. The number of halogens is 2. The van der Waals surface area contributed by atoms with Crippen LogP contribution in [0.3, 0.4) is 0 Å². The van der Waals surface area contributed by atoms with E-state index in [9.17, 15) is 0 Å². The molecule has 0 spiro atoms. The van der Waals surface area contributed by atoms with E-state index in [1.165, 1.54) is 30.5 Å². The third-order valence-corrected chi connectivity index (χ3v) is 4.48. The smallest absolute Gasteiger partial charge is 0.0764 e. The van der Waals surface area contributed by atoms with Crippen LogP contribution in [0.15, 0.2) is 12.1 Å². The maximum Gasteiger partial charge on any atom is 0.0764 e. The van der Waals surface area contributed by atoms with Crippen LogP contribution >= 0.6 is 23.2 Å². The number of aromatic nitrogens is 1. The summed E-state index contributed by atoms with van der Waals surface area (Å²) in [6.07, 6.45) is 5.73. The molecule has 0 aliphatic heterocycles. The first-order chi connectivity index (χ1) is 8.68. The molecule has 0 bridgehead atoms. The van der Waals surface area contributed by atoms with E-state index in [4.69, 9.17) is 28.2 Å². The first-order valence-electron chi connectivity index (χ1n) is 6.44. The van der Waals surface area contributed by atoms with Crippen LogP contribution in [-0.2, 0) is 12.8 Å². The van der Waals surface area contributed by atoms with Gasteiger partial charge < -0.3 is 0 Å². The quantitative estimate of drug-likeness (QED) is 0.610. The zero-order valence-corrected chi connectivity index (χ0v) is 11.9. The third kappa shape index (κ3) is 1.90. The first-order valence-corrected chi connectivity index (χ1v) is 7.20. The molecule has 0 atom stereocenters. The summed E-state index contributed by atoms with van der Waals surface area (Å²) in [5.74, 6) is 0. The fraction of sp³-hybridized carbons (Fsp3) is 0.400. The monoisotopic (exact) mass is 279 g/mol. The predicted octanol–water partition coefficient (Wildman–Crippen LogP) is 5.12. The van der Waals surface area contributed by atoms with Crippen molar-refractivity contribution < 1.29 is 0 Å². The Morgan fingerprint density at radius 3 is 2.67 bits per heavy atom. The van der Waals surface area contributed by atoms with Crippen LogP contribution in [0.25, 0.3) is 10.9 Å². The highest BCUT2D eigenvalue weighted by Crippen LogP contribution is 2.37. The number of hydrogen-bond acceptors (Lipinski definition) is 1. The molecular weight excluding hydrogens is 265 g/mol. The summed E-state index contributed by atoms with van der Waals surface area (Å²) in [4.78, 5) is 4.83. The van der Waals surface area contributed by atoms with Crippen molar-refractivity contribution >= 4 is 34.1 Å². The molecule has 94 valence electrons. The highest BCUT2D eigenvalue weighted by Gasteiger charge is 2.18. The van der Waals surface area contributed by atoms with Crippen LogP contribution in [0.1, 0.15) is 36.1 Å². The van der Waals surface area contributed by atoms with Crippen molar-refractivity contribution in [2.24, 2.45) is 0 Å². The van der Waals surface area contributed by atoms with Gasteiger partial charge in [-0.25, -0.2) is 0 Å². The van der Waals surface area contributed by atoms with Gasteiger partial charge in [0.25, 0.3) is 0 Å². The standard InChI is InChI=1S/C15H15Cl2N/c1-9-7-8-11(16)13-14(17)10-5-3-2-4-6-12(10)18-15(9)13/h7-8H,2-6H2,1H3. The molecule has 0 amide bonds. The molecule has 18 heavy (non-hydrogen) atoms. The second-order valence-electron chi connectivity index (χ2n) is 5.00. The normalized spacial score (nSPS) is 15.5. The summed E-state index contributed by atoms with van der Waals surface area (Å²) < 4.78 is 0. The van der Waals surface area contributed by atoms with Crippen molar-refractivity contribution in [1.29, 1.82) is 0 Å². The maximum absolute atomic E-state index is 6.58. The molecule has 1 aliphatic carbocycles. The zero-order chi connectivity index (χ0) is 12.7. The van der Waals surface area contributed by atoms with E-state index >= 15 is 0 Å². The summed E-state index contributed by atoms with van der Waals surface area (Å²) in [7, 11) is 0. The Labute approximate surface area is 117 Å². The van der Waals surface area contributed by atoms with Crippen LogP contribution in [0.5, 0.6) is 0 Å². The van der Waals surface area contributed by atoms with E-state index in [0.29, 0.717) is 5.02 Å². The molecule has 2 aromatic rings. The van der Waals surface area contributed by atoms with Gasteiger partial charge in [-0.2, -0.15) is 0 Å². The lowest BCUT2D eigenvalue weighted by atomic mass is 10.0. The van der Waals surface area contributed by atoms with Crippen molar-refractivity contribution in [3.8, 4) is 0 Å². The molecule has 1 aromatic carbocycles. The van der Waals surface area contributed by atoms with E-state index in [2.05, 4.69) is 6.92 Å². The molecule has 1 aliphatic rings. The van der Waals surface area contributed by atoms with Gasteiger partial charge in [0.15, 0.2) is 0 Å². The van der Waals surface area contributed by atoms with Crippen LogP contribution in [0, 0.1) is 6.92 Å². The van der Waals surface area contributed by atoms with Gasteiger partial charge in [0.05, 0.1) is 15.6 Å². The van der Waals surface area contributed by atoms with Crippen molar-refractivity contribution in [3.05, 3.63) is 39.0 Å². The summed E-state index contributed by atoms with van der Waals surface area (Å²) in [6, 6.07) is 3.92. The number of benzene rings is 1. The molecule has 0 fully saturated rings. The average Bonchev–Trinajstić information content (AvgIpc) is 2.59. The molecule has 1 heterocycles. The average molecular weight is 280 g/mol. The summed E-state index contributed by atoms with van der Waals surface area (Å²) >= 11 is 12.9. The lowest BCUT2D eigenvalue weighted by Gasteiger charge is -2.13. The van der Waals surface area contributed by atoms with E-state index < -0.39 is 0 Å². The zero-order valence-electron chi connectivity index (χ0n) is 10.4. The van der Waals surface area contributed by atoms with Crippen molar-refractivity contribution in [2.45, 2.75) is 39.0 Å². The largest absolute Gasteiger partial charge is 0.252 e. The van der Waals surface area contributed by atoms with Gasteiger partial charge in [0.2, 0.25) is 0 Å². The Morgan fingerprint density at radius 2 is 1.83 bits per heavy atom. The SMILES string of the molecule is Cc1ccc(Cl)c2c(Cl)c3c(nc12)CCCCC3. The lowest BCUT2D eigenvalue weighted by Crippen LogP contribution is -1.99. The van der Waals surface area contributed by atoms with Crippen LogP contribution in [0.2, 0.25) is 10.0 Å². The fourth-order valence-electron chi connectivity index (χ4n) is 2.74. The number of hydrogen-bond donors (Lipinski definition) is 0. The molecule has 1 aromatic heterocycles. The van der Waals surface area contributed by atoms with Gasteiger partial charge in [-0.15, -0.1) is 0 Å². The van der Waals surface area contributed by atoms with Crippen LogP contribution in [0.4, 0.5) is 0 Å². The fourth-order valence-corrected chi connectivity index (χ4v) is 3.43. The first kappa shape index (κ1) is 12.3. The van der Waals surface area contributed by atoms with Gasteiger partial charge in [0, 0.05) is 11.1 Å². The second-order valence-corrected chi connectivity index (χ2v) is 5.78. The highest BCUT2D eigenvalue weighted by atomic mass is 35.5. The molecule has 3 rings (SSSR count). The van der Waals surface area contributed by atoms with E-state index in [0.717, 1.165) is 34.3 Å². The van der Waals surface area contributed by atoms with Crippen molar-refractivity contribution in [3.63, 3.8) is 0 Å². The minimum atomic E-state index is 0.708. The molecule has 0 saturated heterocycles. The summed E-state index contributed by atoms with van der Waals surface area (Å²) in [6.45, 7) is 2.06. The number of nitrogens with zero attached hydrogens (tertiary/aromatic N) is 1. The van der Waals surface area contributed by atoms with Crippen molar-refractivity contribution in [2.75, 3.05) is 0 Å². The van der Waals surface area contributed by atoms with E-state index in [-0.39, 0.29) is 0 Å². The Morgan fingerprint density at radius 1 is 1.06 bits per heavy atom.